The van der Waals surface area contributed by atoms with E-state index in [0.717, 1.165) is 4.57 Å². The zero-order chi connectivity index (χ0) is 12.8. The molecule has 0 spiro atoms. The molecule has 0 bridgehead atoms. The standard InChI is InChI=1S/C11H16N4O2/c1-4-6-7-12-15(5-2)9-8-10(16)14(3)11(17)13-9/h4,6-8H,5H2,1-3H3,(H,13,17). The van der Waals surface area contributed by atoms with Gasteiger partial charge in [-0.3, -0.25) is 14.3 Å². The first-order chi connectivity index (χ1) is 8.10. The third-order valence-corrected chi connectivity index (χ3v) is 2.19. The van der Waals surface area contributed by atoms with Crippen molar-refractivity contribution in [1.82, 2.24) is 9.55 Å². The van der Waals surface area contributed by atoms with E-state index in [1.54, 1.807) is 17.3 Å². The second kappa shape index (κ2) is 5.83. The van der Waals surface area contributed by atoms with E-state index in [0.29, 0.717) is 12.4 Å². The molecule has 0 amide bonds. The molecular weight excluding hydrogens is 220 g/mol. The molecule has 0 aromatic carbocycles. The van der Waals surface area contributed by atoms with Crippen LogP contribution in [0.15, 0.2) is 32.9 Å². The second-order valence-corrected chi connectivity index (χ2v) is 3.36. The van der Waals surface area contributed by atoms with Gasteiger partial charge in [-0.25, -0.2) is 9.80 Å². The van der Waals surface area contributed by atoms with Crippen molar-refractivity contribution in [2.24, 2.45) is 12.1 Å². The van der Waals surface area contributed by atoms with Crippen LogP contribution in [-0.2, 0) is 7.05 Å². The number of aromatic amines is 1. The zero-order valence-corrected chi connectivity index (χ0v) is 10.2. The van der Waals surface area contributed by atoms with Crippen molar-refractivity contribution in [2.75, 3.05) is 11.6 Å². The first-order valence-electron chi connectivity index (χ1n) is 5.33. The summed E-state index contributed by atoms with van der Waals surface area (Å²) in [6, 6.07) is 1.35. The molecule has 0 unspecified atom stereocenters. The minimum absolute atomic E-state index is 0.358. The topological polar surface area (TPSA) is 70.5 Å². The van der Waals surface area contributed by atoms with Crippen molar-refractivity contribution < 1.29 is 0 Å². The van der Waals surface area contributed by atoms with Crippen molar-refractivity contribution >= 4 is 12.0 Å². The molecule has 0 aliphatic rings. The Kier molecular flexibility index (Phi) is 4.45. The largest absolute Gasteiger partial charge is 0.329 e. The number of hydrogen-bond acceptors (Lipinski definition) is 4. The molecule has 0 fully saturated rings. The van der Waals surface area contributed by atoms with Crippen LogP contribution in [0.3, 0.4) is 0 Å². The Bertz CT molecular complexity index is 508. The number of hydrazone groups is 1. The van der Waals surface area contributed by atoms with Gasteiger partial charge in [-0.2, -0.15) is 5.10 Å². The smallest absolute Gasteiger partial charge is 0.292 e. The van der Waals surface area contributed by atoms with Gasteiger partial charge < -0.3 is 0 Å². The number of nitrogens with zero attached hydrogens (tertiary/aromatic N) is 3. The average Bonchev–Trinajstić information content (AvgIpc) is 2.31. The molecule has 1 heterocycles. The van der Waals surface area contributed by atoms with Gasteiger partial charge in [0, 0.05) is 25.9 Å². The summed E-state index contributed by atoms with van der Waals surface area (Å²) in [5.74, 6) is 0.390. The highest BCUT2D eigenvalue weighted by molar-refractivity contribution is 5.71. The Labute approximate surface area is 98.9 Å². The van der Waals surface area contributed by atoms with Crippen LogP contribution in [0.25, 0.3) is 0 Å². The normalized spacial score (nSPS) is 11.5. The lowest BCUT2D eigenvalue weighted by Gasteiger charge is -2.15. The van der Waals surface area contributed by atoms with Crippen LogP contribution in [0, 0.1) is 0 Å². The maximum Gasteiger partial charge on any atom is 0.329 e. The molecule has 92 valence electrons. The molecule has 1 aromatic heterocycles. The highest BCUT2D eigenvalue weighted by Crippen LogP contribution is 2.04. The SMILES string of the molecule is CC=CC=NN(CC)c1cc(=O)n(C)c(=O)[nH]1. The van der Waals surface area contributed by atoms with Crippen LogP contribution in [-0.4, -0.2) is 22.3 Å². The Morgan fingerprint density at radius 2 is 2.24 bits per heavy atom. The number of H-pyrrole nitrogens is 1. The highest BCUT2D eigenvalue weighted by atomic mass is 16.2. The van der Waals surface area contributed by atoms with Crippen molar-refractivity contribution in [3.63, 3.8) is 0 Å². The lowest BCUT2D eigenvalue weighted by atomic mass is 10.5. The van der Waals surface area contributed by atoms with Gasteiger partial charge in [-0.05, 0) is 19.9 Å². The van der Waals surface area contributed by atoms with Gasteiger partial charge >= 0.3 is 5.69 Å². The molecule has 6 heteroatoms. The number of allylic oxidation sites excluding steroid dienone is 2. The van der Waals surface area contributed by atoms with E-state index in [-0.39, 0.29) is 5.56 Å². The number of hydrogen-bond donors (Lipinski definition) is 1. The van der Waals surface area contributed by atoms with Crippen molar-refractivity contribution in [1.29, 1.82) is 0 Å². The third-order valence-electron chi connectivity index (χ3n) is 2.19. The summed E-state index contributed by atoms with van der Waals surface area (Å²) in [6.07, 6.45) is 5.20. The Hall–Kier alpha value is -2.11. The van der Waals surface area contributed by atoms with Gasteiger partial charge in [0.2, 0.25) is 0 Å². The van der Waals surface area contributed by atoms with E-state index in [1.165, 1.54) is 13.1 Å². The summed E-state index contributed by atoms with van der Waals surface area (Å²) < 4.78 is 1.01. The van der Waals surface area contributed by atoms with Gasteiger partial charge in [0.15, 0.2) is 0 Å². The van der Waals surface area contributed by atoms with E-state index >= 15 is 0 Å². The Morgan fingerprint density at radius 1 is 1.53 bits per heavy atom. The lowest BCUT2D eigenvalue weighted by molar-refractivity contribution is 0.756. The van der Waals surface area contributed by atoms with E-state index in [9.17, 15) is 9.59 Å². The predicted octanol–water partition coefficient (Wildman–Crippen LogP) is 0.462. The van der Waals surface area contributed by atoms with Gasteiger partial charge in [-0.15, -0.1) is 0 Å². The summed E-state index contributed by atoms with van der Waals surface area (Å²) in [4.78, 5) is 25.5. The van der Waals surface area contributed by atoms with Gasteiger partial charge in [-0.1, -0.05) is 6.08 Å². The molecule has 0 radical (unpaired) electrons. The van der Waals surface area contributed by atoms with Crippen LogP contribution >= 0.6 is 0 Å². The fourth-order valence-corrected chi connectivity index (χ4v) is 1.20. The molecule has 1 N–H and O–H groups in total. The fourth-order valence-electron chi connectivity index (χ4n) is 1.20. The summed E-state index contributed by atoms with van der Waals surface area (Å²) >= 11 is 0. The summed E-state index contributed by atoms with van der Waals surface area (Å²) in [5.41, 5.74) is -0.810. The van der Waals surface area contributed by atoms with Crippen LogP contribution in [0.5, 0.6) is 0 Å². The maximum absolute atomic E-state index is 11.5. The highest BCUT2D eigenvalue weighted by Gasteiger charge is 2.05. The van der Waals surface area contributed by atoms with Crippen LogP contribution in [0.4, 0.5) is 5.82 Å². The van der Waals surface area contributed by atoms with Gasteiger partial charge in [0.1, 0.15) is 5.82 Å². The zero-order valence-electron chi connectivity index (χ0n) is 10.2. The van der Waals surface area contributed by atoms with Crippen molar-refractivity contribution in [3.05, 3.63) is 39.1 Å². The number of rotatable bonds is 4. The van der Waals surface area contributed by atoms with Gasteiger partial charge in [0.25, 0.3) is 5.56 Å². The first kappa shape index (κ1) is 13.0. The van der Waals surface area contributed by atoms with E-state index < -0.39 is 5.69 Å². The first-order valence-corrected chi connectivity index (χ1v) is 5.33. The van der Waals surface area contributed by atoms with E-state index in [1.807, 2.05) is 19.9 Å². The summed E-state index contributed by atoms with van der Waals surface area (Å²) in [5, 5.41) is 5.66. The molecule has 17 heavy (non-hydrogen) atoms. The molecule has 0 saturated heterocycles. The minimum Gasteiger partial charge on any atom is -0.292 e. The molecule has 0 aliphatic carbocycles. The molecule has 6 nitrogen and oxygen atoms in total. The Balaban J connectivity index is 3.13. The number of anilines is 1. The predicted molar refractivity (Wildman–Crippen MR) is 68.6 cm³/mol. The van der Waals surface area contributed by atoms with E-state index in [2.05, 4.69) is 10.1 Å². The molecule has 1 aromatic rings. The van der Waals surface area contributed by atoms with Crippen LogP contribution in [0.2, 0.25) is 0 Å². The quantitative estimate of drug-likeness (QED) is 0.610. The molecule has 0 atom stereocenters. The average molecular weight is 236 g/mol. The fraction of sp³-hybridized carbons (Fsp3) is 0.364. The van der Waals surface area contributed by atoms with Gasteiger partial charge in [0.05, 0.1) is 0 Å². The Morgan fingerprint density at radius 3 is 2.76 bits per heavy atom. The lowest BCUT2D eigenvalue weighted by Crippen LogP contribution is -2.34. The van der Waals surface area contributed by atoms with Crippen molar-refractivity contribution in [2.45, 2.75) is 13.8 Å². The van der Waals surface area contributed by atoms with Crippen LogP contribution < -0.4 is 16.3 Å². The maximum atomic E-state index is 11.5. The molecule has 1 rings (SSSR count). The van der Waals surface area contributed by atoms with Crippen LogP contribution in [0.1, 0.15) is 13.8 Å². The second-order valence-electron chi connectivity index (χ2n) is 3.36. The summed E-state index contributed by atoms with van der Waals surface area (Å²) in [6.45, 7) is 4.31. The third kappa shape index (κ3) is 3.17. The summed E-state index contributed by atoms with van der Waals surface area (Å²) in [7, 11) is 1.42. The molecular formula is C11H16N4O2. The minimum atomic E-state index is -0.452. The molecule has 0 saturated carbocycles. The monoisotopic (exact) mass is 236 g/mol. The number of aromatic nitrogens is 2. The van der Waals surface area contributed by atoms with E-state index in [4.69, 9.17) is 0 Å². The molecule has 0 aliphatic heterocycles. The van der Waals surface area contributed by atoms with Crippen molar-refractivity contribution in [3.8, 4) is 0 Å². The number of nitrogens with one attached hydrogen (secondary N) is 1.